The van der Waals surface area contributed by atoms with Gasteiger partial charge in [-0.1, -0.05) is 0 Å². The Morgan fingerprint density at radius 2 is 2.13 bits per heavy atom. The summed E-state index contributed by atoms with van der Waals surface area (Å²) in [5, 5.41) is 32.0. The number of amides is 1. The zero-order valence-electron chi connectivity index (χ0n) is 13.3. The monoisotopic (exact) mass is 333 g/mol. The Labute approximate surface area is 133 Å². The van der Waals surface area contributed by atoms with Crippen LogP contribution in [0, 0.1) is 0 Å². The molecular weight excluding hydrogens is 310 g/mol. The summed E-state index contributed by atoms with van der Waals surface area (Å²) in [6, 6.07) is -1.02. The summed E-state index contributed by atoms with van der Waals surface area (Å²) in [5.74, 6) is -2.35. The molecule has 4 N–H and O–H groups in total. The van der Waals surface area contributed by atoms with Crippen molar-refractivity contribution in [2.75, 3.05) is 20.3 Å². The van der Waals surface area contributed by atoms with E-state index in [1.54, 1.807) is 6.92 Å². The summed E-state index contributed by atoms with van der Waals surface area (Å²) in [5.41, 5.74) is 0. The Bertz CT molecular complexity index is 452. The van der Waals surface area contributed by atoms with Crippen molar-refractivity contribution >= 4 is 11.9 Å². The van der Waals surface area contributed by atoms with E-state index in [4.69, 9.17) is 19.3 Å². The molecule has 1 heterocycles. The number of carboxylic acid groups (broad SMARTS) is 1. The van der Waals surface area contributed by atoms with Crippen molar-refractivity contribution in [3.05, 3.63) is 11.8 Å². The molecule has 0 radical (unpaired) electrons. The minimum atomic E-state index is -1.39. The van der Waals surface area contributed by atoms with Crippen LogP contribution in [0.3, 0.4) is 0 Å². The third kappa shape index (κ3) is 5.17. The first-order valence-corrected chi connectivity index (χ1v) is 7.17. The molecule has 0 saturated carbocycles. The average Bonchev–Trinajstić information content (AvgIpc) is 2.48. The number of aliphatic hydroxyl groups excluding tert-OH is 2. The van der Waals surface area contributed by atoms with E-state index < -0.39 is 48.1 Å². The summed E-state index contributed by atoms with van der Waals surface area (Å²) >= 11 is 0. The maximum atomic E-state index is 11.3. The molecule has 1 rings (SSSR count). The predicted molar refractivity (Wildman–Crippen MR) is 77.5 cm³/mol. The summed E-state index contributed by atoms with van der Waals surface area (Å²) in [6.07, 6.45) is -3.73. The Morgan fingerprint density at radius 1 is 1.48 bits per heavy atom. The molecule has 2 unspecified atom stereocenters. The minimum absolute atomic E-state index is 0.0447. The smallest absolute Gasteiger partial charge is 0.370 e. The van der Waals surface area contributed by atoms with Crippen LogP contribution < -0.4 is 5.32 Å². The molecular formula is C14H23NO8. The molecule has 0 saturated heterocycles. The predicted octanol–water partition coefficient (Wildman–Crippen LogP) is -1.37. The van der Waals surface area contributed by atoms with E-state index in [0.717, 1.165) is 6.08 Å². The summed E-state index contributed by atoms with van der Waals surface area (Å²) in [7, 11) is 1.35. The molecule has 1 amide bonds. The van der Waals surface area contributed by atoms with Gasteiger partial charge in [0.1, 0.15) is 18.3 Å². The van der Waals surface area contributed by atoms with Crippen molar-refractivity contribution in [2.24, 2.45) is 0 Å². The molecule has 23 heavy (non-hydrogen) atoms. The number of ether oxygens (including phenoxy) is 3. The van der Waals surface area contributed by atoms with Crippen molar-refractivity contribution in [1.82, 2.24) is 5.32 Å². The SMILES string of the molecule is CCOC[C@@H](OC)[C@@H](O)C1OC(C(=O)O)=CC(O)[C@H]1NC(C)=O. The molecule has 9 nitrogen and oxygen atoms in total. The largest absolute Gasteiger partial charge is 0.478 e. The lowest BCUT2D eigenvalue weighted by atomic mass is 9.93. The van der Waals surface area contributed by atoms with Gasteiger partial charge in [0.15, 0.2) is 6.10 Å². The molecule has 0 aromatic heterocycles. The normalized spacial score (nSPS) is 26.7. The Hall–Kier alpha value is -1.68. The highest BCUT2D eigenvalue weighted by Crippen LogP contribution is 2.23. The van der Waals surface area contributed by atoms with Gasteiger partial charge in [0.2, 0.25) is 11.7 Å². The van der Waals surface area contributed by atoms with Gasteiger partial charge < -0.3 is 34.8 Å². The molecule has 9 heteroatoms. The number of nitrogens with one attached hydrogen (secondary N) is 1. The molecule has 0 fully saturated rings. The number of hydrogen-bond acceptors (Lipinski definition) is 7. The zero-order valence-corrected chi connectivity index (χ0v) is 13.3. The fourth-order valence-corrected chi connectivity index (χ4v) is 2.27. The van der Waals surface area contributed by atoms with E-state index in [0.29, 0.717) is 6.61 Å². The first kappa shape index (κ1) is 19.4. The number of rotatable bonds is 8. The van der Waals surface area contributed by atoms with Gasteiger partial charge in [0, 0.05) is 20.6 Å². The molecule has 1 aliphatic rings. The molecule has 1 aliphatic heterocycles. The summed E-state index contributed by atoms with van der Waals surface area (Å²) in [6.45, 7) is 3.45. The van der Waals surface area contributed by atoms with Gasteiger partial charge >= 0.3 is 5.97 Å². The standard InChI is InChI=1S/C14H23NO8/c1-4-22-6-10(21-3)12(18)13-11(15-7(2)16)8(17)5-9(23-13)14(19)20/h5,8,10-13,17-18H,4,6H2,1-3H3,(H,15,16)(H,19,20)/t8?,10-,11-,12-,13?/m1/s1. The number of hydrogen-bond donors (Lipinski definition) is 4. The number of carbonyl (C=O) groups is 2. The Kier molecular flexibility index (Phi) is 7.43. The van der Waals surface area contributed by atoms with E-state index >= 15 is 0 Å². The van der Waals surface area contributed by atoms with Crippen molar-refractivity contribution in [1.29, 1.82) is 0 Å². The molecule has 0 bridgehead atoms. The maximum absolute atomic E-state index is 11.3. The molecule has 0 aliphatic carbocycles. The molecule has 0 spiro atoms. The van der Waals surface area contributed by atoms with Gasteiger partial charge in [-0.25, -0.2) is 4.79 Å². The zero-order chi connectivity index (χ0) is 17.6. The van der Waals surface area contributed by atoms with Gasteiger partial charge in [0.25, 0.3) is 0 Å². The van der Waals surface area contributed by atoms with Crippen LogP contribution in [-0.2, 0) is 23.8 Å². The maximum Gasteiger partial charge on any atom is 0.370 e. The Morgan fingerprint density at radius 3 is 2.61 bits per heavy atom. The van der Waals surface area contributed by atoms with Crippen LogP contribution in [-0.4, -0.2) is 78.0 Å². The second-order valence-electron chi connectivity index (χ2n) is 5.06. The highest BCUT2D eigenvalue weighted by atomic mass is 16.6. The third-order valence-electron chi connectivity index (χ3n) is 3.39. The number of carbonyl (C=O) groups excluding carboxylic acids is 1. The lowest BCUT2D eigenvalue weighted by molar-refractivity contribution is -0.153. The van der Waals surface area contributed by atoms with E-state index in [1.807, 2.05) is 0 Å². The minimum Gasteiger partial charge on any atom is -0.478 e. The van der Waals surface area contributed by atoms with Crippen molar-refractivity contribution in [3.8, 4) is 0 Å². The van der Waals surface area contributed by atoms with Gasteiger partial charge in [-0.05, 0) is 13.0 Å². The quantitative estimate of drug-likeness (QED) is 0.427. The van der Waals surface area contributed by atoms with Gasteiger partial charge in [-0.2, -0.15) is 0 Å². The summed E-state index contributed by atoms with van der Waals surface area (Å²) in [4.78, 5) is 22.4. The molecule has 0 aromatic carbocycles. The van der Waals surface area contributed by atoms with Crippen molar-refractivity contribution in [2.45, 2.75) is 44.3 Å². The van der Waals surface area contributed by atoms with Crippen LogP contribution in [0.1, 0.15) is 13.8 Å². The topological polar surface area (TPSA) is 135 Å². The number of carboxylic acids is 1. The van der Waals surface area contributed by atoms with Crippen LogP contribution in [0.5, 0.6) is 0 Å². The molecule has 132 valence electrons. The Balaban J connectivity index is 3.02. The molecule has 5 atom stereocenters. The average molecular weight is 333 g/mol. The van der Waals surface area contributed by atoms with E-state index in [-0.39, 0.29) is 6.61 Å². The van der Waals surface area contributed by atoms with Crippen LogP contribution >= 0.6 is 0 Å². The number of methoxy groups -OCH3 is 1. The third-order valence-corrected chi connectivity index (χ3v) is 3.39. The first-order chi connectivity index (χ1) is 10.8. The van der Waals surface area contributed by atoms with Gasteiger partial charge in [-0.15, -0.1) is 0 Å². The van der Waals surface area contributed by atoms with Crippen LogP contribution in [0.15, 0.2) is 11.8 Å². The van der Waals surface area contributed by atoms with Crippen LogP contribution in [0.25, 0.3) is 0 Å². The second-order valence-corrected chi connectivity index (χ2v) is 5.06. The van der Waals surface area contributed by atoms with Crippen LogP contribution in [0.4, 0.5) is 0 Å². The van der Waals surface area contributed by atoms with E-state index in [1.165, 1.54) is 14.0 Å². The fraction of sp³-hybridized carbons (Fsp3) is 0.714. The van der Waals surface area contributed by atoms with Gasteiger partial charge in [-0.3, -0.25) is 4.79 Å². The first-order valence-electron chi connectivity index (χ1n) is 7.17. The lowest BCUT2D eigenvalue weighted by Crippen LogP contribution is -2.60. The lowest BCUT2D eigenvalue weighted by Gasteiger charge is -2.38. The van der Waals surface area contributed by atoms with Crippen molar-refractivity contribution < 1.29 is 39.1 Å². The van der Waals surface area contributed by atoms with Gasteiger partial charge in [0.05, 0.1) is 12.6 Å². The number of aliphatic carboxylic acids is 1. The van der Waals surface area contributed by atoms with Crippen molar-refractivity contribution in [3.63, 3.8) is 0 Å². The highest BCUT2D eigenvalue weighted by Gasteiger charge is 2.43. The van der Waals surface area contributed by atoms with Crippen LogP contribution in [0.2, 0.25) is 0 Å². The second kappa shape index (κ2) is 8.82. The highest BCUT2D eigenvalue weighted by molar-refractivity contribution is 5.84. The number of aliphatic hydroxyl groups is 2. The van der Waals surface area contributed by atoms with E-state index in [9.17, 15) is 19.8 Å². The van der Waals surface area contributed by atoms with E-state index in [2.05, 4.69) is 5.32 Å². The summed E-state index contributed by atoms with van der Waals surface area (Å²) < 4.78 is 15.6. The fourth-order valence-electron chi connectivity index (χ4n) is 2.27. The molecule has 0 aromatic rings.